The molecule has 0 spiro atoms. The summed E-state index contributed by atoms with van der Waals surface area (Å²) in [7, 11) is 0. The first-order valence-corrected chi connectivity index (χ1v) is 4.21. The zero-order valence-electron chi connectivity index (χ0n) is 7.04. The highest BCUT2D eigenvalue weighted by molar-refractivity contribution is 5.84. The largest absolute Gasteiger partial charge is 0.309 e. The van der Waals surface area contributed by atoms with Crippen LogP contribution in [0.15, 0.2) is 0 Å². The molecule has 0 saturated heterocycles. The number of hydrogen-bond acceptors (Lipinski definition) is 1. The molecule has 0 aromatic rings. The summed E-state index contributed by atoms with van der Waals surface area (Å²) in [5, 5.41) is 7.59. The molecule has 58 valence electrons. The van der Waals surface area contributed by atoms with Gasteiger partial charge in [-0.05, 0) is 19.8 Å². The number of hydrogen-bond donors (Lipinski definition) is 1. The Labute approximate surface area is 63.3 Å². The maximum Gasteiger partial charge on any atom is 0.0117 e. The molecular formula is C9H17N. The summed E-state index contributed by atoms with van der Waals surface area (Å²) < 4.78 is 0. The van der Waals surface area contributed by atoms with E-state index in [9.17, 15) is 0 Å². The highest BCUT2D eigenvalue weighted by Gasteiger charge is 2.28. The van der Waals surface area contributed by atoms with Crippen molar-refractivity contribution in [3.63, 3.8) is 0 Å². The Kier molecular flexibility index (Phi) is 2.12. The molecule has 0 bridgehead atoms. The van der Waals surface area contributed by atoms with Crippen LogP contribution in [0.5, 0.6) is 0 Å². The van der Waals surface area contributed by atoms with Gasteiger partial charge >= 0.3 is 0 Å². The lowest BCUT2D eigenvalue weighted by atomic mass is 9.73. The molecule has 1 heteroatoms. The third-order valence-electron chi connectivity index (χ3n) is 2.86. The maximum atomic E-state index is 7.59. The van der Waals surface area contributed by atoms with E-state index < -0.39 is 0 Å². The maximum absolute atomic E-state index is 7.59. The van der Waals surface area contributed by atoms with Crippen molar-refractivity contribution in [2.24, 2.45) is 5.41 Å². The smallest absolute Gasteiger partial charge is 0.0117 e. The number of rotatable bonds is 1. The Bertz CT molecular complexity index is 132. The lowest BCUT2D eigenvalue weighted by molar-refractivity contribution is 0.309. The van der Waals surface area contributed by atoms with E-state index in [2.05, 4.69) is 6.92 Å². The minimum Gasteiger partial charge on any atom is -0.309 e. The van der Waals surface area contributed by atoms with Crippen LogP contribution >= 0.6 is 0 Å². The SMILES string of the molecule is CC(=N)C1(C)CCCCC1. The molecule has 0 aromatic carbocycles. The van der Waals surface area contributed by atoms with Crippen molar-refractivity contribution in [3.05, 3.63) is 0 Å². The van der Waals surface area contributed by atoms with Gasteiger partial charge in [-0.25, -0.2) is 0 Å². The first-order chi connectivity index (χ1) is 4.65. The van der Waals surface area contributed by atoms with E-state index in [1.807, 2.05) is 6.92 Å². The second kappa shape index (κ2) is 2.73. The summed E-state index contributed by atoms with van der Waals surface area (Å²) in [6.45, 7) is 4.18. The second-order valence-corrected chi connectivity index (χ2v) is 3.75. The Morgan fingerprint density at radius 1 is 1.20 bits per heavy atom. The van der Waals surface area contributed by atoms with Crippen LogP contribution in [0, 0.1) is 10.8 Å². The molecule has 1 nitrogen and oxygen atoms in total. The number of nitrogens with one attached hydrogen (secondary N) is 1. The molecule has 0 aromatic heterocycles. The van der Waals surface area contributed by atoms with Crippen LogP contribution in [0.4, 0.5) is 0 Å². The molecule has 1 aliphatic carbocycles. The van der Waals surface area contributed by atoms with E-state index in [1.54, 1.807) is 0 Å². The molecule has 0 unspecified atom stereocenters. The summed E-state index contributed by atoms with van der Waals surface area (Å²) >= 11 is 0. The monoisotopic (exact) mass is 139 g/mol. The van der Waals surface area contributed by atoms with Crippen molar-refractivity contribution in [2.75, 3.05) is 0 Å². The first-order valence-electron chi connectivity index (χ1n) is 4.21. The van der Waals surface area contributed by atoms with Gasteiger partial charge in [0.2, 0.25) is 0 Å². The zero-order valence-corrected chi connectivity index (χ0v) is 7.04. The van der Waals surface area contributed by atoms with Crippen molar-refractivity contribution in [3.8, 4) is 0 Å². The van der Waals surface area contributed by atoms with Gasteiger partial charge in [0.25, 0.3) is 0 Å². The molecule has 1 saturated carbocycles. The Morgan fingerprint density at radius 3 is 2.00 bits per heavy atom. The molecular weight excluding hydrogens is 122 g/mol. The van der Waals surface area contributed by atoms with Crippen molar-refractivity contribution >= 4 is 5.71 Å². The normalized spacial score (nSPS) is 24.2. The molecule has 1 N–H and O–H groups in total. The summed E-state index contributed by atoms with van der Waals surface area (Å²) in [6, 6.07) is 0. The van der Waals surface area contributed by atoms with E-state index in [4.69, 9.17) is 5.41 Å². The van der Waals surface area contributed by atoms with Crippen molar-refractivity contribution in [1.82, 2.24) is 0 Å². The highest BCUT2D eigenvalue weighted by atomic mass is 14.5. The molecule has 1 fully saturated rings. The molecule has 0 heterocycles. The third kappa shape index (κ3) is 1.39. The topological polar surface area (TPSA) is 23.9 Å². The van der Waals surface area contributed by atoms with Crippen LogP contribution < -0.4 is 0 Å². The van der Waals surface area contributed by atoms with Gasteiger partial charge in [0, 0.05) is 11.1 Å². The van der Waals surface area contributed by atoms with E-state index >= 15 is 0 Å². The van der Waals surface area contributed by atoms with E-state index in [0.29, 0.717) is 0 Å². The highest BCUT2D eigenvalue weighted by Crippen LogP contribution is 2.36. The van der Waals surface area contributed by atoms with Gasteiger partial charge in [0.1, 0.15) is 0 Å². The summed E-state index contributed by atoms with van der Waals surface area (Å²) in [6.07, 6.45) is 6.51. The minimum atomic E-state index is 0.262. The van der Waals surface area contributed by atoms with Gasteiger partial charge in [0.15, 0.2) is 0 Å². The standard InChI is InChI=1S/C9H17N/c1-8(10)9(2)6-4-3-5-7-9/h10H,3-7H2,1-2H3. The van der Waals surface area contributed by atoms with Crippen LogP contribution in [0.25, 0.3) is 0 Å². The molecule has 0 atom stereocenters. The fourth-order valence-corrected chi connectivity index (χ4v) is 1.71. The Hall–Kier alpha value is -0.330. The predicted molar refractivity (Wildman–Crippen MR) is 44.6 cm³/mol. The Balaban J connectivity index is 2.56. The first kappa shape index (κ1) is 7.77. The Morgan fingerprint density at radius 2 is 1.70 bits per heavy atom. The van der Waals surface area contributed by atoms with Gasteiger partial charge in [-0.3, -0.25) is 0 Å². The predicted octanol–water partition coefficient (Wildman–Crippen LogP) is 3.00. The second-order valence-electron chi connectivity index (χ2n) is 3.75. The molecule has 1 rings (SSSR count). The van der Waals surface area contributed by atoms with Gasteiger partial charge < -0.3 is 5.41 Å². The van der Waals surface area contributed by atoms with E-state index in [0.717, 1.165) is 5.71 Å². The van der Waals surface area contributed by atoms with Crippen LogP contribution in [0.2, 0.25) is 0 Å². The zero-order chi connectivity index (χ0) is 7.61. The summed E-state index contributed by atoms with van der Waals surface area (Å²) in [5.41, 5.74) is 1.14. The minimum absolute atomic E-state index is 0.262. The molecule has 1 aliphatic rings. The summed E-state index contributed by atoms with van der Waals surface area (Å²) in [5.74, 6) is 0. The lowest BCUT2D eigenvalue weighted by Gasteiger charge is -2.32. The van der Waals surface area contributed by atoms with Gasteiger partial charge in [-0.1, -0.05) is 26.2 Å². The van der Waals surface area contributed by atoms with Gasteiger partial charge in [-0.15, -0.1) is 0 Å². The average Bonchev–Trinajstić information content (AvgIpc) is 1.89. The molecule has 0 radical (unpaired) electrons. The van der Waals surface area contributed by atoms with Crippen LogP contribution in [-0.2, 0) is 0 Å². The van der Waals surface area contributed by atoms with Crippen LogP contribution in [-0.4, -0.2) is 5.71 Å². The van der Waals surface area contributed by atoms with Crippen LogP contribution in [0.1, 0.15) is 46.0 Å². The van der Waals surface area contributed by atoms with Crippen molar-refractivity contribution in [2.45, 2.75) is 46.0 Å². The summed E-state index contributed by atoms with van der Waals surface area (Å²) in [4.78, 5) is 0. The van der Waals surface area contributed by atoms with Crippen molar-refractivity contribution in [1.29, 1.82) is 5.41 Å². The lowest BCUT2D eigenvalue weighted by Crippen LogP contribution is -2.27. The average molecular weight is 139 g/mol. The van der Waals surface area contributed by atoms with Crippen molar-refractivity contribution < 1.29 is 0 Å². The molecule has 0 aliphatic heterocycles. The quantitative estimate of drug-likeness (QED) is 0.540. The van der Waals surface area contributed by atoms with E-state index in [-0.39, 0.29) is 5.41 Å². The third-order valence-corrected chi connectivity index (χ3v) is 2.86. The van der Waals surface area contributed by atoms with Gasteiger partial charge in [-0.2, -0.15) is 0 Å². The molecule has 10 heavy (non-hydrogen) atoms. The van der Waals surface area contributed by atoms with Crippen LogP contribution in [0.3, 0.4) is 0 Å². The van der Waals surface area contributed by atoms with E-state index in [1.165, 1.54) is 32.1 Å². The fourth-order valence-electron chi connectivity index (χ4n) is 1.71. The fraction of sp³-hybridized carbons (Fsp3) is 0.889. The van der Waals surface area contributed by atoms with Gasteiger partial charge in [0.05, 0.1) is 0 Å². The molecule has 0 amide bonds.